The summed E-state index contributed by atoms with van der Waals surface area (Å²) in [5.41, 5.74) is 13.4. The van der Waals surface area contributed by atoms with Crippen molar-refractivity contribution in [1.82, 2.24) is 15.2 Å². The predicted molar refractivity (Wildman–Crippen MR) is 166 cm³/mol. The molecule has 5 aliphatic rings. The molecule has 1 unspecified atom stereocenters. The minimum atomic E-state index is -0.601. The van der Waals surface area contributed by atoms with Crippen LogP contribution in [0, 0.1) is 51.2 Å². The van der Waals surface area contributed by atoms with Gasteiger partial charge in [-0.05, 0) is 114 Å². The van der Waals surface area contributed by atoms with Gasteiger partial charge in [0.15, 0.2) is 0 Å². The number of hydrogen-bond acceptors (Lipinski definition) is 4. The Bertz CT molecular complexity index is 1470. The molecule has 0 saturated heterocycles. The van der Waals surface area contributed by atoms with Crippen molar-refractivity contribution in [3.8, 4) is 0 Å². The fraction of sp³-hybridized carbons (Fsp3) is 0.694. The predicted octanol–water partition coefficient (Wildman–Crippen LogP) is 7.67. The molecule has 2 aromatic heterocycles. The lowest BCUT2D eigenvalue weighted by Crippen LogP contribution is -2.64. The van der Waals surface area contributed by atoms with Gasteiger partial charge in [0.1, 0.15) is 5.82 Å². The molecule has 6 nitrogen and oxygen atoms in total. The first-order valence-electron chi connectivity index (χ1n) is 16.3. The number of allylic oxidation sites excluding steroid dienone is 2. The van der Waals surface area contributed by atoms with Gasteiger partial charge >= 0.3 is 5.97 Å². The summed E-state index contributed by atoms with van der Waals surface area (Å²) in [6.07, 6.45) is 12.2. The Morgan fingerprint density at radius 3 is 2.50 bits per heavy atom. The molecule has 0 spiro atoms. The van der Waals surface area contributed by atoms with Crippen molar-refractivity contribution in [3.05, 3.63) is 46.9 Å². The molecule has 0 aromatic carbocycles. The number of anilines is 1. The SMILES string of the molecule is CC1(C)C[C@@H]2C3=C(c4cccnc4)CC4[C@@]5(C)Cc6c(N)n[nH]c6C(C)(C)[C@@H]5CC[C@@]4(C)[C@]3(C)CC[C@@H]2[C@H](C(=O)O)C1. The zero-order valence-electron chi connectivity index (χ0n) is 26.7. The molecular weight excluding hydrogens is 520 g/mol. The van der Waals surface area contributed by atoms with E-state index in [1.165, 1.54) is 35.2 Å². The Balaban J connectivity index is 1.45. The number of H-pyrrole nitrogens is 1. The van der Waals surface area contributed by atoms with E-state index >= 15 is 0 Å². The van der Waals surface area contributed by atoms with Crippen molar-refractivity contribution in [2.24, 2.45) is 51.2 Å². The zero-order valence-corrected chi connectivity index (χ0v) is 26.7. The molecule has 7 rings (SSSR count). The highest BCUT2D eigenvalue weighted by Gasteiger charge is 2.68. The summed E-state index contributed by atoms with van der Waals surface area (Å²) in [5.74, 6) is 1.29. The van der Waals surface area contributed by atoms with E-state index in [0.717, 1.165) is 38.5 Å². The smallest absolute Gasteiger partial charge is 0.306 e. The van der Waals surface area contributed by atoms with Gasteiger partial charge in [-0.1, -0.05) is 60.1 Å². The van der Waals surface area contributed by atoms with E-state index in [4.69, 9.17) is 5.73 Å². The molecule has 8 atom stereocenters. The topological polar surface area (TPSA) is 105 Å². The summed E-state index contributed by atoms with van der Waals surface area (Å²) < 4.78 is 0. The molecule has 2 aromatic rings. The van der Waals surface area contributed by atoms with Gasteiger partial charge in [0.05, 0.1) is 5.92 Å². The number of rotatable bonds is 2. The second-order valence-electron chi connectivity index (χ2n) is 16.9. The Labute approximate surface area is 251 Å². The maximum absolute atomic E-state index is 12.7. The Kier molecular flexibility index (Phi) is 5.85. The van der Waals surface area contributed by atoms with Gasteiger partial charge in [-0.25, -0.2) is 0 Å². The number of aromatic nitrogens is 3. The van der Waals surface area contributed by atoms with Crippen LogP contribution in [0.15, 0.2) is 30.1 Å². The van der Waals surface area contributed by atoms with Crippen molar-refractivity contribution >= 4 is 17.4 Å². The molecule has 42 heavy (non-hydrogen) atoms. The van der Waals surface area contributed by atoms with E-state index < -0.39 is 5.97 Å². The molecule has 0 bridgehead atoms. The van der Waals surface area contributed by atoms with E-state index in [1.807, 2.05) is 6.20 Å². The minimum absolute atomic E-state index is 0.000478. The lowest BCUT2D eigenvalue weighted by molar-refractivity contribution is -0.161. The summed E-state index contributed by atoms with van der Waals surface area (Å²) in [6, 6.07) is 4.33. The summed E-state index contributed by atoms with van der Waals surface area (Å²) in [7, 11) is 0. The van der Waals surface area contributed by atoms with Crippen molar-refractivity contribution in [2.75, 3.05) is 5.73 Å². The number of nitrogen functional groups attached to an aromatic ring is 1. The van der Waals surface area contributed by atoms with Crippen molar-refractivity contribution in [1.29, 1.82) is 0 Å². The Morgan fingerprint density at radius 1 is 1.05 bits per heavy atom. The average molecular weight is 571 g/mol. The van der Waals surface area contributed by atoms with Gasteiger partial charge < -0.3 is 10.8 Å². The third-order valence-electron chi connectivity index (χ3n) is 14.1. The number of nitrogens with one attached hydrogen (secondary N) is 1. The van der Waals surface area contributed by atoms with E-state index in [0.29, 0.717) is 23.6 Å². The van der Waals surface area contributed by atoms with Crippen molar-refractivity contribution < 1.29 is 9.90 Å². The summed E-state index contributed by atoms with van der Waals surface area (Å²) in [4.78, 5) is 17.3. The van der Waals surface area contributed by atoms with Gasteiger partial charge in [0.2, 0.25) is 0 Å². The Morgan fingerprint density at radius 2 is 1.81 bits per heavy atom. The van der Waals surface area contributed by atoms with Crippen LogP contribution in [0.3, 0.4) is 0 Å². The summed E-state index contributed by atoms with van der Waals surface area (Å²) >= 11 is 0. The number of carboxylic acids is 1. The van der Waals surface area contributed by atoms with Crippen LogP contribution >= 0.6 is 0 Å². The van der Waals surface area contributed by atoms with E-state index in [9.17, 15) is 9.90 Å². The first-order valence-corrected chi connectivity index (χ1v) is 16.3. The number of pyridine rings is 1. The normalized spacial score (nSPS) is 41.5. The quantitative estimate of drug-likeness (QED) is 0.344. The number of carbonyl (C=O) groups is 1. The van der Waals surface area contributed by atoms with Crippen LogP contribution in [0.1, 0.15) is 110 Å². The second-order valence-corrected chi connectivity index (χ2v) is 16.9. The third-order valence-corrected chi connectivity index (χ3v) is 14.1. The van der Waals surface area contributed by atoms with Crippen molar-refractivity contribution in [2.45, 2.75) is 105 Å². The second kappa shape index (κ2) is 8.72. The van der Waals surface area contributed by atoms with Crippen LogP contribution < -0.4 is 5.73 Å². The van der Waals surface area contributed by atoms with Gasteiger partial charge in [0.25, 0.3) is 0 Å². The highest BCUT2D eigenvalue weighted by molar-refractivity contribution is 5.74. The van der Waals surface area contributed by atoms with Gasteiger partial charge in [-0.2, -0.15) is 5.10 Å². The van der Waals surface area contributed by atoms with E-state index in [2.05, 4.69) is 82.0 Å². The largest absolute Gasteiger partial charge is 0.481 e. The lowest BCUT2D eigenvalue weighted by Gasteiger charge is -2.70. The molecule has 4 N–H and O–H groups in total. The number of nitrogens with zero attached hydrogens (tertiary/aromatic N) is 2. The number of hydrogen-bond donors (Lipinski definition) is 3. The molecule has 0 aliphatic heterocycles. The maximum Gasteiger partial charge on any atom is 0.306 e. The Hall–Kier alpha value is -2.63. The molecule has 2 heterocycles. The van der Waals surface area contributed by atoms with Crippen LogP contribution in [0.4, 0.5) is 5.82 Å². The van der Waals surface area contributed by atoms with Gasteiger partial charge in [0, 0.05) is 29.1 Å². The molecule has 226 valence electrons. The number of carboxylic acid groups (broad SMARTS) is 1. The van der Waals surface area contributed by atoms with Crippen LogP contribution in [0.5, 0.6) is 0 Å². The molecule has 5 aliphatic carbocycles. The van der Waals surface area contributed by atoms with E-state index in [1.54, 1.807) is 5.57 Å². The molecule has 0 amide bonds. The first kappa shape index (κ1) is 28.2. The highest BCUT2D eigenvalue weighted by atomic mass is 16.4. The number of aliphatic carboxylic acids is 1. The molecule has 3 fully saturated rings. The monoisotopic (exact) mass is 570 g/mol. The fourth-order valence-corrected chi connectivity index (χ4v) is 12.2. The standard InChI is InChI=1S/C36H50N4O2/c1-32(2)16-23-21(24(17-32)31(41)42)10-12-36(7)28(23)22(20-9-8-14-38-19-20)15-27-34(5)18-25-29(39-40-30(25)37)33(3,4)26(34)11-13-35(27,36)6/h8-9,14,19,21,23-24,26-27H,10-13,15-18H2,1-7H3,(H,41,42)(H3,37,39,40)/t21-,23-,24+,26-,27?,34-,35+,36+/m0/s1. The fourth-order valence-electron chi connectivity index (χ4n) is 12.2. The summed E-state index contributed by atoms with van der Waals surface area (Å²) in [6.45, 7) is 17.2. The third kappa shape index (κ3) is 3.53. The minimum Gasteiger partial charge on any atom is -0.481 e. The van der Waals surface area contributed by atoms with Crippen molar-refractivity contribution in [3.63, 3.8) is 0 Å². The number of fused-ring (bicyclic) bond motifs is 8. The van der Waals surface area contributed by atoms with Gasteiger partial charge in [-0.3, -0.25) is 14.9 Å². The zero-order chi connectivity index (χ0) is 30.0. The molecule has 3 saturated carbocycles. The molecule has 0 radical (unpaired) electrons. The van der Waals surface area contributed by atoms with Crippen LogP contribution in [0.25, 0.3) is 5.57 Å². The molecular formula is C36H50N4O2. The molecule has 6 heteroatoms. The van der Waals surface area contributed by atoms with Crippen LogP contribution in [0.2, 0.25) is 0 Å². The summed E-state index contributed by atoms with van der Waals surface area (Å²) in [5, 5.41) is 18.3. The van der Waals surface area contributed by atoms with Gasteiger partial charge in [-0.15, -0.1) is 0 Å². The van der Waals surface area contributed by atoms with E-state index in [-0.39, 0.29) is 38.9 Å². The number of aromatic amines is 1. The first-order chi connectivity index (χ1) is 19.6. The van der Waals surface area contributed by atoms with Crippen LogP contribution in [-0.2, 0) is 16.6 Å². The van der Waals surface area contributed by atoms with Crippen LogP contribution in [-0.4, -0.2) is 26.3 Å². The lowest BCUT2D eigenvalue weighted by atomic mass is 9.33. The maximum atomic E-state index is 12.7. The average Bonchev–Trinajstić information content (AvgIpc) is 3.28. The highest BCUT2D eigenvalue weighted by Crippen LogP contribution is 2.76. The number of nitrogens with two attached hydrogens (primary N) is 1.